The van der Waals surface area contributed by atoms with Crippen molar-refractivity contribution in [2.45, 2.75) is 226 Å². The van der Waals surface area contributed by atoms with Crippen LogP contribution in [0, 0.1) is 0 Å². The SMILES string of the molecule is CC/C=C\C/C=C\C/C=C\CC(=O)OCC(COC(=O)CCCCCCC/C=C\C=C/CCCCCCCCC)OC(=O)CCCCCCCC/C=C\C=C/CCCCC. The molecule has 0 radical (unpaired) electrons. The highest BCUT2D eigenvalue weighted by atomic mass is 16.6. The molecule has 0 saturated carbocycles. The zero-order valence-electron chi connectivity index (χ0n) is 38.9. The van der Waals surface area contributed by atoms with Crippen LogP contribution in [0.15, 0.2) is 85.1 Å². The Hall–Kier alpha value is -3.41. The van der Waals surface area contributed by atoms with E-state index in [0.717, 1.165) is 89.9 Å². The lowest BCUT2D eigenvalue weighted by Gasteiger charge is -2.18. The molecule has 60 heavy (non-hydrogen) atoms. The van der Waals surface area contributed by atoms with Crippen LogP contribution in [0.4, 0.5) is 0 Å². The van der Waals surface area contributed by atoms with Crippen LogP contribution in [0.1, 0.15) is 220 Å². The second kappa shape index (κ2) is 48.3. The van der Waals surface area contributed by atoms with E-state index in [4.69, 9.17) is 14.2 Å². The number of unbranched alkanes of at least 4 members (excludes halogenated alkanes) is 21. The van der Waals surface area contributed by atoms with Crippen LogP contribution in [0.5, 0.6) is 0 Å². The largest absolute Gasteiger partial charge is 0.462 e. The van der Waals surface area contributed by atoms with E-state index in [1.165, 1.54) is 89.9 Å². The summed E-state index contributed by atoms with van der Waals surface area (Å²) in [7, 11) is 0. The van der Waals surface area contributed by atoms with Crippen molar-refractivity contribution in [3.05, 3.63) is 85.1 Å². The molecule has 0 spiro atoms. The van der Waals surface area contributed by atoms with E-state index >= 15 is 0 Å². The number of carbonyl (C=O) groups excluding carboxylic acids is 3. The topological polar surface area (TPSA) is 78.9 Å². The number of ether oxygens (including phenoxy) is 3. The Balaban J connectivity index is 4.43. The van der Waals surface area contributed by atoms with Gasteiger partial charge in [-0.15, -0.1) is 0 Å². The van der Waals surface area contributed by atoms with Crippen molar-refractivity contribution in [2.75, 3.05) is 13.2 Å². The number of allylic oxidation sites excluding steroid dienone is 13. The third kappa shape index (κ3) is 45.7. The first-order valence-electron chi connectivity index (χ1n) is 24.6. The van der Waals surface area contributed by atoms with E-state index in [1.54, 1.807) is 6.08 Å². The van der Waals surface area contributed by atoms with Crippen LogP contribution in [0.2, 0.25) is 0 Å². The summed E-state index contributed by atoms with van der Waals surface area (Å²) >= 11 is 0. The number of hydrogen-bond acceptors (Lipinski definition) is 6. The standard InChI is InChI=1S/C54H90O6/c1-4-7-10-13-16-19-21-23-25-26-27-29-30-32-35-38-41-44-47-53(56)59-50-51(49-58-52(55)46-43-40-37-34-18-15-12-9-6-3)60-54(57)48-45-42-39-36-33-31-28-24-22-20-17-14-11-8-5-2/h9,12,17-18,20,22,24-27,29,34,40,43,51H,4-8,10-11,13-16,19,21,23,28,30-33,35-39,41-42,44-50H2,1-3H3/b12-9-,20-17-,24-22-,26-25-,29-27-,34-18-,43-40-. The minimum absolute atomic E-state index is 0.117. The lowest BCUT2D eigenvalue weighted by molar-refractivity contribution is -0.166. The van der Waals surface area contributed by atoms with Gasteiger partial charge in [0.1, 0.15) is 13.2 Å². The van der Waals surface area contributed by atoms with Gasteiger partial charge in [-0.05, 0) is 83.5 Å². The number of esters is 3. The Morgan fingerprint density at radius 1 is 0.383 bits per heavy atom. The lowest BCUT2D eigenvalue weighted by atomic mass is 10.1. The summed E-state index contributed by atoms with van der Waals surface area (Å²) in [6, 6.07) is 0. The Bertz CT molecular complexity index is 1190. The predicted octanol–water partition coefficient (Wildman–Crippen LogP) is 16.0. The quantitative estimate of drug-likeness (QED) is 0.0200. The summed E-state index contributed by atoms with van der Waals surface area (Å²) in [6.45, 7) is 6.35. The molecule has 0 heterocycles. The van der Waals surface area contributed by atoms with Gasteiger partial charge in [-0.3, -0.25) is 14.4 Å². The molecule has 0 amide bonds. The second-order valence-corrected chi connectivity index (χ2v) is 16.1. The Morgan fingerprint density at radius 2 is 0.750 bits per heavy atom. The Labute approximate surface area is 369 Å². The molecule has 1 unspecified atom stereocenters. The molecule has 0 aromatic carbocycles. The van der Waals surface area contributed by atoms with Gasteiger partial charge in [0, 0.05) is 12.8 Å². The van der Waals surface area contributed by atoms with Gasteiger partial charge < -0.3 is 14.2 Å². The molecule has 0 aromatic heterocycles. The van der Waals surface area contributed by atoms with Crippen LogP contribution in [-0.2, 0) is 28.6 Å². The summed E-state index contributed by atoms with van der Waals surface area (Å²) < 4.78 is 16.6. The summed E-state index contributed by atoms with van der Waals surface area (Å²) in [6.07, 6.45) is 61.7. The molecule has 0 bridgehead atoms. The first-order valence-corrected chi connectivity index (χ1v) is 24.6. The van der Waals surface area contributed by atoms with Crippen molar-refractivity contribution in [1.29, 1.82) is 0 Å². The fraction of sp³-hybridized carbons (Fsp3) is 0.685. The average Bonchev–Trinajstić information content (AvgIpc) is 3.24. The molecule has 342 valence electrons. The fourth-order valence-electron chi connectivity index (χ4n) is 6.48. The number of rotatable bonds is 43. The summed E-state index contributed by atoms with van der Waals surface area (Å²) in [5.41, 5.74) is 0. The van der Waals surface area contributed by atoms with E-state index in [1.807, 2.05) is 6.08 Å². The zero-order valence-corrected chi connectivity index (χ0v) is 38.9. The van der Waals surface area contributed by atoms with E-state index in [2.05, 4.69) is 93.7 Å². The summed E-state index contributed by atoms with van der Waals surface area (Å²) in [4.78, 5) is 37.7. The van der Waals surface area contributed by atoms with Gasteiger partial charge in [-0.1, -0.05) is 202 Å². The van der Waals surface area contributed by atoms with Crippen molar-refractivity contribution >= 4 is 17.9 Å². The smallest absolute Gasteiger partial charge is 0.309 e. The van der Waals surface area contributed by atoms with Crippen molar-refractivity contribution in [2.24, 2.45) is 0 Å². The molecular formula is C54H90O6. The molecular weight excluding hydrogens is 745 g/mol. The fourth-order valence-corrected chi connectivity index (χ4v) is 6.48. The van der Waals surface area contributed by atoms with E-state index < -0.39 is 12.1 Å². The first kappa shape index (κ1) is 56.6. The second-order valence-electron chi connectivity index (χ2n) is 16.1. The van der Waals surface area contributed by atoms with Gasteiger partial charge in [0.15, 0.2) is 6.10 Å². The van der Waals surface area contributed by atoms with Gasteiger partial charge in [-0.25, -0.2) is 0 Å². The Kier molecular flexibility index (Phi) is 45.5. The summed E-state index contributed by atoms with van der Waals surface area (Å²) in [5, 5.41) is 0. The zero-order chi connectivity index (χ0) is 43.7. The highest BCUT2D eigenvalue weighted by molar-refractivity contribution is 5.72. The number of hydrogen-bond donors (Lipinski definition) is 0. The van der Waals surface area contributed by atoms with E-state index in [9.17, 15) is 14.4 Å². The third-order valence-corrected chi connectivity index (χ3v) is 10.2. The van der Waals surface area contributed by atoms with Crippen LogP contribution in [0.3, 0.4) is 0 Å². The van der Waals surface area contributed by atoms with Gasteiger partial charge in [-0.2, -0.15) is 0 Å². The number of carbonyl (C=O) groups is 3. The van der Waals surface area contributed by atoms with Crippen LogP contribution < -0.4 is 0 Å². The van der Waals surface area contributed by atoms with Crippen molar-refractivity contribution in [3.8, 4) is 0 Å². The molecule has 6 heteroatoms. The maximum atomic E-state index is 12.7. The molecule has 0 aliphatic carbocycles. The molecule has 0 aliphatic heterocycles. The van der Waals surface area contributed by atoms with E-state index in [0.29, 0.717) is 12.8 Å². The van der Waals surface area contributed by atoms with Crippen molar-refractivity contribution in [3.63, 3.8) is 0 Å². The maximum absolute atomic E-state index is 12.7. The maximum Gasteiger partial charge on any atom is 0.309 e. The van der Waals surface area contributed by atoms with Crippen LogP contribution in [-0.4, -0.2) is 37.2 Å². The Morgan fingerprint density at radius 3 is 1.23 bits per heavy atom. The van der Waals surface area contributed by atoms with Crippen molar-refractivity contribution < 1.29 is 28.6 Å². The average molecular weight is 835 g/mol. The highest BCUT2D eigenvalue weighted by Crippen LogP contribution is 2.13. The monoisotopic (exact) mass is 835 g/mol. The molecule has 0 aliphatic rings. The van der Waals surface area contributed by atoms with Crippen LogP contribution in [0.25, 0.3) is 0 Å². The van der Waals surface area contributed by atoms with Gasteiger partial charge >= 0.3 is 17.9 Å². The van der Waals surface area contributed by atoms with E-state index in [-0.39, 0.29) is 31.6 Å². The van der Waals surface area contributed by atoms with Gasteiger partial charge in [0.05, 0.1) is 6.42 Å². The minimum atomic E-state index is -0.823. The predicted molar refractivity (Wildman–Crippen MR) is 256 cm³/mol. The van der Waals surface area contributed by atoms with Crippen molar-refractivity contribution in [1.82, 2.24) is 0 Å². The minimum Gasteiger partial charge on any atom is -0.462 e. The summed E-state index contributed by atoms with van der Waals surface area (Å²) in [5.74, 6) is -1.08. The van der Waals surface area contributed by atoms with Gasteiger partial charge in [0.25, 0.3) is 0 Å². The molecule has 6 nitrogen and oxygen atoms in total. The third-order valence-electron chi connectivity index (χ3n) is 10.2. The molecule has 0 rings (SSSR count). The lowest BCUT2D eigenvalue weighted by Crippen LogP contribution is -2.30. The molecule has 1 atom stereocenters. The molecule has 0 saturated heterocycles. The molecule has 0 aromatic rings. The molecule has 0 fully saturated rings. The normalized spacial score (nSPS) is 12.8. The van der Waals surface area contributed by atoms with Gasteiger partial charge in [0.2, 0.25) is 0 Å². The first-order chi connectivity index (χ1) is 29.5. The van der Waals surface area contributed by atoms with Crippen LogP contribution >= 0.6 is 0 Å². The highest BCUT2D eigenvalue weighted by Gasteiger charge is 2.19. The molecule has 0 N–H and O–H groups in total.